The zero-order chi connectivity index (χ0) is 37.7. The van der Waals surface area contributed by atoms with Crippen LogP contribution in [0.4, 0.5) is 4.79 Å². The van der Waals surface area contributed by atoms with E-state index in [0.717, 1.165) is 44.9 Å². The van der Waals surface area contributed by atoms with Crippen LogP contribution >= 0.6 is 0 Å². The summed E-state index contributed by atoms with van der Waals surface area (Å²) in [4.78, 5) is 84.6. The van der Waals surface area contributed by atoms with Crippen molar-refractivity contribution in [3.63, 3.8) is 0 Å². The highest BCUT2D eigenvalue weighted by Gasteiger charge is 2.69. The van der Waals surface area contributed by atoms with Crippen LogP contribution in [0.5, 0.6) is 0 Å². The Labute approximate surface area is 305 Å². The number of rotatable bonds is 8. The van der Waals surface area contributed by atoms with Gasteiger partial charge in [0.05, 0.1) is 12.1 Å². The van der Waals surface area contributed by atoms with Crippen LogP contribution in [0.25, 0.3) is 0 Å². The van der Waals surface area contributed by atoms with Crippen molar-refractivity contribution in [3.05, 3.63) is 12.7 Å². The average molecular weight is 713 g/mol. The highest BCUT2D eigenvalue weighted by atomic mass is 16.2. The molecule has 0 radical (unpaired) electrons. The minimum absolute atomic E-state index is 0.0448. The number of carbonyl (C=O) groups is 6. The zero-order valence-corrected chi connectivity index (χ0v) is 32.2. The van der Waals surface area contributed by atoms with Gasteiger partial charge in [-0.2, -0.15) is 0 Å². The fraction of sp³-hybridized carbons (Fsp3) is 0.795. The van der Waals surface area contributed by atoms with E-state index in [4.69, 9.17) is 0 Å². The lowest BCUT2D eigenvalue weighted by Gasteiger charge is -2.41. The summed E-state index contributed by atoms with van der Waals surface area (Å²) in [6, 6.07) is -3.51. The van der Waals surface area contributed by atoms with Crippen molar-refractivity contribution in [1.29, 1.82) is 0 Å². The summed E-state index contributed by atoms with van der Waals surface area (Å²) >= 11 is 0. The van der Waals surface area contributed by atoms with Gasteiger partial charge in [-0.15, -0.1) is 6.58 Å². The fourth-order valence-electron chi connectivity index (χ4n) is 8.27. The third kappa shape index (κ3) is 10.1. The number of ketones is 1. The molecular weight excluding hydrogens is 648 g/mol. The van der Waals surface area contributed by atoms with E-state index in [9.17, 15) is 28.8 Å². The maximum atomic E-state index is 14.4. The Morgan fingerprint density at radius 1 is 0.980 bits per heavy atom. The van der Waals surface area contributed by atoms with Gasteiger partial charge in [-0.1, -0.05) is 99.5 Å². The molecule has 4 fully saturated rings. The summed E-state index contributed by atoms with van der Waals surface area (Å²) in [6.45, 7) is 19.6. The van der Waals surface area contributed by atoms with Crippen LogP contribution in [0.2, 0.25) is 0 Å². The van der Waals surface area contributed by atoms with E-state index in [-0.39, 0.29) is 52.5 Å². The smallest absolute Gasteiger partial charge is 0.315 e. The molecule has 6 atom stereocenters. The molecule has 4 N–H and O–H groups in total. The zero-order valence-electron chi connectivity index (χ0n) is 32.2. The minimum Gasteiger partial charge on any atom is -0.346 e. The Kier molecular flexibility index (Phi) is 13.0. The van der Waals surface area contributed by atoms with E-state index < -0.39 is 41.8 Å². The van der Waals surface area contributed by atoms with Crippen LogP contribution in [0.15, 0.2) is 12.7 Å². The molecule has 4 rings (SSSR count). The lowest BCUT2D eigenvalue weighted by Crippen LogP contribution is -2.60. The molecular formula is C39H64N6O6. The number of nitrogens with one attached hydrogen (secondary N) is 4. The Morgan fingerprint density at radius 3 is 2.22 bits per heavy atom. The number of piperidine rings is 2. The quantitative estimate of drug-likeness (QED) is 0.220. The molecule has 4 aliphatic rings. The summed E-state index contributed by atoms with van der Waals surface area (Å²) in [5.41, 5.74) is -0.574. The molecule has 0 aromatic heterocycles. The Balaban J connectivity index is 1.54. The van der Waals surface area contributed by atoms with Gasteiger partial charge in [0.1, 0.15) is 12.1 Å². The van der Waals surface area contributed by atoms with E-state index in [2.05, 4.69) is 55.5 Å². The van der Waals surface area contributed by atoms with Crippen LogP contribution < -0.4 is 21.3 Å². The number of hydrogen-bond donors (Lipinski definition) is 4. The molecule has 51 heavy (non-hydrogen) atoms. The second-order valence-corrected chi connectivity index (χ2v) is 17.9. The van der Waals surface area contributed by atoms with Crippen molar-refractivity contribution < 1.29 is 28.8 Å². The van der Waals surface area contributed by atoms with Crippen molar-refractivity contribution in [1.82, 2.24) is 31.1 Å². The second-order valence-electron chi connectivity index (χ2n) is 17.9. The fourth-order valence-corrected chi connectivity index (χ4v) is 8.27. The number of fused-ring (bicyclic) bond motifs is 3. The van der Waals surface area contributed by atoms with Gasteiger partial charge in [0.15, 0.2) is 0 Å². The van der Waals surface area contributed by atoms with Gasteiger partial charge >= 0.3 is 6.03 Å². The Bertz CT molecular complexity index is 1340. The van der Waals surface area contributed by atoms with Gasteiger partial charge < -0.3 is 31.1 Å². The maximum absolute atomic E-state index is 14.4. The summed E-state index contributed by atoms with van der Waals surface area (Å²) in [6.07, 6.45) is 9.75. The first-order chi connectivity index (χ1) is 23.9. The average Bonchev–Trinajstić information content (AvgIpc) is 3.35. The first-order valence-electron chi connectivity index (χ1n) is 19.3. The molecule has 3 aliphatic heterocycles. The lowest BCUT2D eigenvalue weighted by molar-refractivity contribution is -0.144. The summed E-state index contributed by atoms with van der Waals surface area (Å²) in [7, 11) is 0. The van der Waals surface area contributed by atoms with Gasteiger partial charge in [0, 0.05) is 32.6 Å². The van der Waals surface area contributed by atoms with Crippen LogP contribution in [0.3, 0.4) is 0 Å². The summed E-state index contributed by atoms with van der Waals surface area (Å²) in [5, 5.41) is 11.5. The molecule has 0 bridgehead atoms. The molecule has 12 heteroatoms. The van der Waals surface area contributed by atoms with Gasteiger partial charge in [0.2, 0.25) is 23.5 Å². The first kappa shape index (κ1) is 40.3. The standard InChI is InChI=1S/C39H64N6O6/c1-9-20-40-34(49)32(47)26-17-15-13-11-10-12-14-16-18-27(35(50)45-23-25-30(39(25,7)8)31(45)33(48)41-26)42-36(51)43-28(37(2,3)4)24-44-21-19-38(5,6)22-29(44)46/h9,25-28,30-31H,1,10-24H2,2-8H3,(H,40,49)(H,41,48)(H2,42,43,51)/t25-,26+,27+,28+,30-,31-/m0/s1. The Hall–Kier alpha value is -3.44. The van der Waals surface area contributed by atoms with E-state index in [0.29, 0.717) is 45.3 Å². The van der Waals surface area contributed by atoms with E-state index in [1.165, 1.54) is 6.08 Å². The van der Waals surface area contributed by atoms with E-state index in [1.54, 1.807) is 4.90 Å². The number of nitrogens with zero attached hydrogens (tertiary/aromatic N) is 2. The predicted molar refractivity (Wildman–Crippen MR) is 196 cm³/mol. The van der Waals surface area contributed by atoms with Crippen molar-refractivity contribution in [2.75, 3.05) is 26.2 Å². The molecule has 1 aliphatic carbocycles. The molecule has 0 unspecified atom stereocenters. The number of likely N-dealkylation sites (tertiary alicyclic amines) is 1. The SMILES string of the molecule is C=CCNC(=O)C(=O)[C@H]1CCCCCCCCC[C@@H](NC(=O)N[C@H](CN2CCC(C)(C)CC2=O)C(C)(C)C)C(=O)N2C[C@H]3[C@@H]([C@H]2C(=O)N1)C3(C)C. The number of urea groups is 1. The number of carbonyl (C=O) groups excluding carboxylic acids is 6. The molecule has 286 valence electrons. The molecule has 0 aromatic carbocycles. The molecule has 6 amide bonds. The van der Waals surface area contributed by atoms with Crippen LogP contribution in [-0.2, 0) is 24.0 Å². The topological polar surface area (TPSA) is 157 Å². The van der Waals surface area contributed by atoms with Gasteiger partial charge in [-0.05, 0) is 47.3 Å². The Morgan fingerprint density at radius 2 is 1.61 bits per heavy atom. The largest absolute Gasteiger partial charge is 0.346 e. The molecule has 3 saturated heterocycles. The van der Waals surface area contributed by atoms with Gasteiger partial charge in [-0.3, -0.25) is 24.0 Å². The second kappa shape index (κ2) is 16.5. The third-order valence-corrected chi connectivity index (χ3v) is 11.9. The molecule has 0 aromatic rings. The minimum atomic E-state index is -1.00. The van der Waals surface area contributed by atoms with Crippen LogP contribution in [0.1, 0.15) is 119 Å². The third-order valence-electron chi connectivity index (χ3n) is 11.9. The first-order valence-corrected chi connectivity index (χ1v) is 19.3. The molecule has 3 heterocycles. The number of amides is 6. The van der Waals surface area contributed by atoms with Crippen molar-refractivity contribution >= 4 is 35.4 Å². The van der Waals surface area contributed by atoms with E-state index >= 15 is 0 Å². The highest BCUT2D eigenvalue weighted by molar-refractivity contribution is 6.38. The van der Waals surface area contributed by atoms with Crippen molar-refractivity contribution in [2.24, 2.45) is 28.1 Å². The predicted octanol–water partition coefficient (Wildman–Crippen LogP) is 4.08. The summed E-state index contributed by atoms with van der Waals surface area (Å²) in [5.74, 6) is -2.13. The monoisotopic (exact) mass is 712 g/mol. The van der Waals surface area contributed by atoms with Crippen LogP contribution in [0, 0.1) is 28.1 Å². The number of Topliss-reactive ketones (excluding diaryl/α,β-unsaturated/α-hetero) is 1. The van der Waals surface area contributed by atoms with Crippen molar-refractivity contribution in [2.45, 2.75) is 143 Å². The molecule has 1 saturated carbocycles. The number of hydrogen-bond acceptors (Lipinski definition) is 6. The maximum Gasteiger partial charge on any atom is 0.315 e. The summed E-state index contributed by atoms with van der Waals surface area (Å²) < 4.78 is 0. The van der Waals surface area contributed by atoms with Crippen molar-refractivity contribution in [3.8, 4) is 0 Å². The van der Waals surface area contributed by atoms with Gasteiger partial charge in [-0.25, -0.2) is 4.79 Å². The highest BCUT2D eigenvalue weighted by Crippen LogP contribution is 2.65. The van der Waals surface area contributed by atoms with E-state index in [1.807, 2.05) is 25.7 Å². The molecule has 12 nitrogen and oxygen atoms in total. The van der Waals surface area contributed by atoms with Crippen LogP contribution in [-0.4, -0.2) is 95.6 Å². The van der Waals surface area contributed by atoms with Gasteiger partial charge in [0.25, 0.3) is 5.91 Å². The normalized spacial score (nSPS) is 29.2. The lowest BCUT2D eigenvalue weighted by atomic mass is 9.81. The molecule has 0 spiro atoms.